The van der Waals surface area contributed by atoms with Gasteiger partial charge in [-0.05, 0) is 37.3 Å². The molecule has 4 rings (SSSR count). The fourth-order valence-electron chi connectivity index (χ4n) is 4.71. The number of carbonyl (C=O) groups excluding carboxylic acids is 2. The fraction of sp³-hybridized carbons (Fsp3) is 0.440. The van der Waals surface area contributed by atoms with E-state index in [1.165, 1.54) is 0 Å². The summed E-state index contributed by atoms with van der Waals surface area (Å²) in [5.41, 5.74) is 1.72. The largest absolute Gasteiger partial charge is 0.485 e. The van der Waals surface area contributed by atoms with E-state index in [0.29, 0.717) is 19.5 Å². The minimum Gasteiger partial charge on any atom is -0.485 e. The van der Waals surface area contributed by atoms with Crippen molar-refractivity contribution in [3.63, 3.8) is 0 Å². The van der Waals surface area contributed by atoms with Crippen LogP contribution in [0.25, 0.3) is 0 Å². The highest BCUT2D eigenvalue weighted by atomic mass is 16.5. The number of nitrogens with zero attached hydrogens (tertiary/aromatic N) is 2. The van der Waals surface area contributed by atoms with Crippen LogP contribution in [-0.4, -0.2) is 46.8 Å². The van der Waals surface area contributed by atoms with E-state index >= 15 is 0 Å². The van der Waals surface area contributed by atoms with Crippen LogP contribution in [0.2, 0.25) is 0 Å². The van der Waals surface area contributed by atoms with Crippen LogP contribution >= 0.6 is 0 Å². The molecule has 5 heteroatoms. The molecule has 1 heterocycles. The van der Waals surface area contributed by atoms with Gasteiger partial charge < -0.3 is 14.5 Å². The number of likely N-dealkylation sites (N-methyl/N-ethyl adjacent to an activating group) is 1. The van der Waals surface area contributed by atoms with E-state index in [1.54, 1.807) is 6.92 Å². The number of rotatable bonds is 3. The third-order valence-corrected chi connectivity index (χ3v) is 6.59. The van der Waals surface area contributed by atoms with Crippen molar-refractivity contribution in [2.24, 2.45) is 0 Å². The highest BCUT2D eigenvalue weighted by Gasteiger charge is 2.42. The van der Waals surface area contributed by atoms with Crippen LogP contribution in [0.15, 0.2) is 54.6 Å². The van der Waals surface area contributed by atoms with E-state index in [0.717, 1.165) is 42.6 Å². The molecule has 0 atom stereocenters. The Labute approximate surface area is 178 Å². The summed E-state index contributed by atoms with van der Waals surface area (Å²) in [6.45, 7) is 2.82. The van der Waals surface area contributed by atoms with Crippen molar-refractivity contribution in [2.75, 3.05) is 13.6 Å². The Morgan fingerprint density at radius 2 is 1.73 bits per heavy atom. The zero-order valence-electron chi connectivity index (χ0n) is 17.8. The van der Waals surface area contributed by atoms with Crippen LogP contribution in [0.4, 0.5) is 0 Å². The Balaban J connectivity index is 1.44. The first kappa shape index (κ1) is 20.5. The van der Waals surface area contributed by atoms with Crippen LogP contribution in [0.5, 0.6) is 5.75 Å². The number of carbonyl (C=O) groups is 2. The van der Waals surface area contributed by atoms with Gasteiger partial charge in [0.25, 0.3) is 0 Å². The SMILES string of the molecule is CC(=O)N1Cc2ccccc2OC2(CCC(N(C)C(=O)Cc3ccccc3)CC2)C1. The first-order valence-corrected chi connectivity index (χ1v) is 10.8. The van der Waals surface area contributed by atoms with E-state index in [-0.39, 0.29) is 23.5 Å². The molecule has 1 saturated carbocycles. The number of para-hydroxylation sites is 1. The summed E-state index contributed by atoms with van der Waals surface area (Å²) in [6, 6.07) is 18.1. The maximum absolute atomic E-state index is 12.8. The van der Waals surface area contributed by atoms with E-state index in [1.807, 2.05) is 71.4 Å². The van der Waals surface area contributed by atoms with Crippen molar-refractivity contribution in [1.29, 1.82) is 0 Å². The predicted octanol–water partition coefficient (Wildman–Crippen LogP) is 3.81. The van der Waals surface area contributed by atoms with Gasteiger partial charge in [-0.3, -0.25) is 9.59 Å². The lowest BCUT2D eigenvalue weighted by atomic mass is 9.81. The summed E-state index contributed by atoms with van der Waals surface area (Å²) in [4.78, 5) is 28.8. The van der Waals surface area contributed by atoms with Crippen molar-refractivity contribution < 1.29 is 14.3 Å². The second kappa shape index (κ2) is 8.50. The van der Waals surface area contributed by atoms with Gasteiger partial charge in [-0.25, -0.2) is 0 Å². The summed E-state index contributed by atoms with van der Waals surface area (Å²) in [5.74, 6) is 1.11. The third kappa shape index (κ3) is 4.35. The van der Waals surface area contributed by atoms with E-state index in [4.69, 9.17) is 4.74 Å². The fourth-order valence-corrected chi connectivity index (χ4v) is 4.71. The molecule has 0 N–H and O–H groups in total. The average Bonchev–Trinajstić information content (AvgIpc) is 2.91. The molecule has 30 heavy (non-hydrogen) atoms. The van der Waals surface area contributed by atoms with Crippen molar-refractivity contribution in [1.82, 2.24) is 9.80 Å². The van der Waals surface area contributed by atoms with Crippen molar-refractivity contribution in [2.45, 2.75) is 57.2 Å². The molecule has 2 aliphatic rings. The van der Waals surface area contributed by atoms with Crippen LogP contribution in [0.1, 0.15) is 43.7 Å². The monoisotopic (exact) mass is 406 g/mol. The molecule has 1 spiro atoms. The molecule has 1 fully saturated rings. The standard InChI is InChI=1S/C25H30N2O3/c1-19(28)27-17-21-10-6-7-11-23(21)30-25(18-27)14-12-22(13-15-25)26(2)24(29)16-20-8-4-3-5-9-20/h3-11,22H,12-18H2,1-2H3. The minimum atomic E-state index is -0.377. The van der Waals surface area contributed by atoms with Crippen LogP contribution in [0, 0.1) is 0 Å². The molecule has 0 bridgehead atoms. The minimum absolute atomic E-state index is 0.0759. The molecule has 0 unspecified atom stereocenters. The predicted molar refractivity (Wildman–Crippen MR) is 116 cm³/mol. The van der Waals surface area contributed by atoms with Crippen LogP contribution in [0.3, 0.4) is 0 Å². The molecule has 2 amide bonds. The van der Waals surface area contributed by atoms with Gasteiger partial charge in [0.15, 0.2) is 0 Å². The van der Waals surface area contributed by atoms with Gasteiger partial charge in [-0.15, -0.1) is 0 Å². The van der Waals surface area contributed by atoms with Crippen molar-refractivity contribution >= 4 is 11.8 Å². The first-order chi connectivity index (χ1) is 14.5. The Hall–Kier alpha value is -2.82. The number of amides is 2. The van der Waals surface area contributed by atoms with Crippen LogP contribution < -0.4 is 4.74 Å². The van der Waals surface area contributed by atoms with Crippen LogP contribution in [-0.2, 0) is 22.6 Å². The molecule has 158 valence electrons. The molecular formula is C25H30N2O3. The van der Waals surface area contributed by atoms with E-state index in [9.17, 15) is 9.59 Å². The van der Waals surface area contributed by atoms with Crippen molar-refractivity contribution in [3.05, 3.63) is 65.7 Å². The summed E-state index contributed by atoms with van der Waals surface area (Å²) in [6.07, 6.45) is 3.86. The van der Waals surface area contributed by atoms with Crippen molar-refractivity contribution in [3.8, 4) is 5.75 Å². The zero-order valence-corrected chi connectivity index (χ0v) is 17.8. The summed E-state index contributed by atoms with van der Waals surface area (Å²) < 4.78 is 6.55. The van der Waals surface area contributed by atoms with E-state index in [2.05, 4.69) is 0 Å². The van der Waals surface area contributed by atoms with Gasteiger partial charge in [0.1, 0.15) is 11.4 Å². The maximum atomic E-state index is 12.8. The third-order valence-electron chi connectivity index (χ3n) is 6.59. The second-order valence-electron chi connectivity index (χ2n) is 8.67. The highest BCUT2D eigenvalue weighted by Crippen LogP contribution is 2.39. The average molecular weight is 407 g/mol. The Morgan fingerprint density at radius 1 is 1.07 bits per heavy atom. The molecular weight excluding hydrogens is 376 g/mol. The number of benzene rings is 2. The first-order valence-electron chi connectivity index (χ1n) is 10.8. The molecule has 1 aliphatic carbocycles. The lowest BCUT2D eigenvalue weighted by Crippen LogP contribution is -2.52. The topological polar surface area (TPSA) is 49.9 Å². The molecule has 5 nitrogen and oxygen atoms in total. The second-order valence-corrected chi connectivity index (χ2v) is 8.67. The highest BCUT2D eigenvalue weighted by molar-refractivity contribution is 5.78. The number of hydrogen-bond acceptors (Lipinski definition) is 3. The molecule has 0 saturated heterocycles. The zero-order chi connectivity index (χ0) is 21.1. The molecule has 2 aromatic carbocycles. The van der Waals surface area contributed by atoms with Gasteiger partial charge in [0.2, 0.25) is 11.8 Å². The van der Waals surface area contributed by atoms with Gasteiger partial charge in [0.05, 0.1) is 13.0 Å². The number of fused-ring (bicyclic) bond motifs is 1. The Morgan fingerprint density at radius 3 is 2.43 bits per heavy atom. The normalized spacial score (nSPS) is 23.3. The van der Waals surface area contributed by atoms with E-state index < -0.39 is 0 Å². The van der Waals surface area contributed by atoms with Gasteiger partial charge in [-0.2, -0.15) is 0 Å². The smallest absolute Gasteiger partial charge is 0.226 e. The van der Waals surface area contributed by atoms with Gasteiger partial charge in [-0.1, -0.05) is 48.5 Å². The maximum Gasteiger partial charge on any atom is 0.226 e. The summed E-state index contributed by atoms with van der Waals surface area (Å²) >= 11 is 0. The molecule has 1 aliphatic heterocycles. The Kier molecular flexibility index (Phi) is 5.80. The lowest BCUT2D eigenvalue weighted by Gasteiger charge is -2.43. The Bertz CT molecular complexity index is 904. The molecule has 0 radical (unpaired) electrons. The number of ether oxygens (including phenoxy) is 1. The quantitative estimate of drug-likeness (QED) is 0.779. The van der Waals surface area contributed by atoms with Gasteiger partial charge >= 0.3 is 0 Å². The summed E-state index contributed by atoms with van der Waals surface area (Å²) in [7, 11) is 1.92. The van der Waals surface area contributed by atoms with Gasteiger partial charge in [0, 0.05) is 32.1 Å². The number of hydrogen-bond donors (Lipinski definition) is 0. The molecule has 2 aromatic rings. The summed E-state index contributed by atoms with van der Waals surface area (Å²) in [5, 5.41) is 0. The lowest BCUT2D eigenvalue weighted by molar-refractivity contribution is -0.134. The molecule has 0 aromatic heterocycles.